The van der Waals surface area contributed by atoms with E-state index in [1.165, 1.54) is 6.07 Å². The van der Waals surface area contributed by atoms with Gasteiger partial charge in [-0.3, -0.25) is 0 Å². The van der Waals surface area contributed by atoms with E-state index in [-0.39, 0.29) is 5.69 Å². The van der Waals surface area contributed by atoms with Gasteiger partial charge in [-0.1, -0.05) is 24.6 Å². The first kappa shape index (κ1) is 14.0. The quantitative estimate of drug-likeness (QED) is 0.858. The number of nitrogens with one attached hydrogen (secondary N) is 1. The molecule has 0 aliphatic heterocycles. The number of halogens is 3. The van der Waals surface area contributed by atoms with Gasteiger partial charge in [0.1, 0.15) is 5.69 Å². The van der Waals surface area contributed by atoms with E-state index in [0.717, 1.165) is 12.0 Å². The summed E-state index contributed by atoms with van der Waals surface area (Å²) in [7, 11) is 0. The van der Waals surface area contributed by atoms with Crippen LogP contribution in [0.1, 0.15) is 31.0 Å². The van der Waals surface area contributed by atoms with Crippen molar-refractivity contribution < 1.29 is 8.78 Å². The van der Waals surface area contributed by atoms with E-state index in [0.29, 0.717) is 28.2 Å². The lowest BCUT2D eigenvalue weighted by Crippen LogP contribution is -2.04. The first-order valence-corrected chi connectivity index (χ1v) is 6.54. The number of rotatable bonds is 4. The van der Waals surface area contributed by atoms with E-state index in [4.69, 9.17) is 11.6 Å². The van der Waals surface area contributed by atoms with Crippen molar-refractivity contribution in [3.05, 3.63) is 34.5 Å². The predicted octanol–water partition coefficient (Wildman–Crippen LogP) is 4.96. The lowest BCUT2D eigenvalue weighted by atomic mass is 10.1. The Labute approximate surface area is 115 Å². The number of aryl methyl sites for hydroxylation is 1. The standard InChI is InChI=1S/C14H15ClF2N2/c1-3-6-18-10-7-11(14(16)17)19-13-8(2)4-5-9(15)12(10)13/h4-5,7,14H,3,6H2,1-2H3,(H,18,19). The van der Waals surface area contributed by atoms with E-state index in [2.05, 4.69) is 10.3 Å². The van der Waals surface area contributed by atoms with Crippen LogP contribution in [0.25, 0.3) is 10.9 Å². The molecule has 102 valence electrons. The molecule has 2 rings (SSSR count). The minimum absolute atomic E-state index is 0.225. The Bertz CT molecular complexity index is 600. The molecule has 1 N–H and O–H groups in total. The van der Waals surface area contributed by atoms with Gasteiger partial charge in [0.15, 0.2) is 0 Å². The normalized spacial score (nSPS) is 11.3. The summed E-state index contributed by atoms with van der Waals surface area (Å²) in [5, 5.41) is 4.37. The molecule has 0 atom stereocenters. The summed E-state index contributed by atoms with van der Waals surface area (Å²) in [5.41, 5.74) is 1.76. The third kappa shape index (κ3) is 2.78. The molecule has 0 saturated heterocycles. The summed E-state index contributed by atoms with van der Waals surface area (Å²) in [6.45, 7) is 4.55. The summed E-state index contributed by atoms with van der Waals surface area (Å²) < 4.78 is 25.8. The van der Waals surface area contributed by atoms with Crippen LogP contribution in [0.2, 0.25) is 5.02 Å². The van der Waals surface area contributed by atoms with Crippen molar-refractivity contribution in [3.63, 3.8) is 0 Å². The van der Waals surface area contributed by atoms with Crippen LogP contribution in [0.15, 0.2) is 18.2 Å². The van der Waals surface area contributed by atoms with E-state index < -0.39 is 6.43 Å². The van der Waals surface area contributed by atoms with Crippen LogP contribution in [-0.2, 0) is 0 Å². The van der Waals surface area contributed by atoms with Crippen molar-refractivity contribution in [2.75, 3.05) is 11.9 Å². The van der Waals surface area contributed by atoms with Crippen molar-refractivity contribution >= 4 is 28.2 Å². The topological polar surface area (TPSA) is 24.9 Å². The largest absolute Gasteiger partial charge is 0.384 e. The molecule has 0 bridgehead atoms. The second-order valence-electron chi connectivity index (χ2n) is 4.41. The smallest absolute Gasteiger partial charge is 0.280 e. The zero-order chi connectivity index (χ0) is 14.0. The maximum atomic E-state index is 12.9. The van der Waals surface area contributed by atoms with Gasteiger partial charge >= 0.3 is 0 Å². The maximum absolute atomic E-state index is 12.9. The SMILES string of the molecule is CCCNc1cc(C(F)F)nc2c(C)ccc(Cl)c12. The van der Waals surface area contributed by atoms with Crippen LogP contribution < -0.4 is 5.32 Å². The minimum Gasteiger partial charge on any atom is -0.384 e. The Balaban J connectivity index is 2.70. The molecule has 0 radical (unpaired) electrons. The number of fused-ring (bicyclic) bond motifs is 1. The monoisotopic (exact) mass is 284 g/mol. The van der Waals surface area contributed by atoms with Gasteiger partial charge in [-0.25, -0.2) is 13.8 Å². The van der Waals surface area contributed by atoms with Gasteiger partial charge in [-0.2, -0.15) is 0 Å². The van der Waals surface area contributed by atoms with Gasteiger partial charge in [0.2, 0.25) is 0 Å². The summed E-state index contributed by atoms with van der Waals surface area (Å²) in [6, 6.07) is 4.94. The number of pyridine rings is 1. The van der Waals surface area contributed by atoms with Crippen LogP contribution in [-0.4, -0.2) is 11.5 Å². The Hall–Kier alpha value is -1.42. The molecule has 0 amide bonds. The highest BCUT2D eigenvalue weighted by Gasteiger charge is 2.16. The highest BCUT2D eigenvalue weighted by molar-refractivity contribution is 6.36. The van der Waals surface area contributed by atoms with Crippen molar-refractivity contribution in [1.29, 1.82) is 0 Å². The number of aromatic nitrogens is 1. The highest BCUT2D eigenvalue weighted by Crippen LogP contribution is 2.34. The molecule has 0 aliphatic rings. The van der Waals surface area contributed by atoms with Gasteiger partial charge in [-0.15, -0.1) is 0 Å². The Morgan fingerprint density at radius 3 is 2.74 bits per heavy atom. The van der Waals surface area contributed by atoms with Gasteiger partial charge in [0.05, 0.1) is 10.5 Å². The summed E-state index contributed by atoms with van der Waals surface area (Å²) in [4.78, 5) is 4.03. The molecule has 5 heteroatoms. The molecule has 0 saturated carbocycles. The zero-order valence-corrected chi connectivity index (χ0v) is 11.6. The maximum Gasteiger partial charge on any atom is 0.280 e. The molecule has 0 aliphatic carbocycles. The van der Waals surface area contributed by atoms with E-state index in [1.54, 1.807) is 12.1 Å². The fourth-order valence-electron chi connectivity index (χ4n) is 1.96. The summed E-state index contributed by atoms with van der Waals surface area (Å²) in [6.07, 6.45) is -1.69. The molecule has 2 aromatic rings. The van der Waals surface area contributed by atoms with Crippen molar-refractivity contribution in [3.8, 4) is 0 Å². The average Bonchev–Trinajstić information content (AvgIpc) is 2.39. The van der Waals surface area contributed by atoms with E-state index in [1.807, 2.05) is 13.8 Å². The molecule has 1 heterocycles. The van der Waals surface area contributed by atoms with Gasteiger partial charge in [0.25, 0.3) is 6.43 Å². The zero-order valence-electron chi connectivity index (χ0n) is 10.8. The second-order valence-corrected chi connectivity index (χ2v) is 4.82. The molecule has 19 heavy (non-hydrogen) atoms. The number of alkyl halides is 2. The lowest BCUT2D eigenvalue weighted by Gasteiger charge is -2.13. The molecule has 1 aromatic carbocycles. The molecule has 0 spiro atoms. The highest BCUT2D eigenvalue weighted by atomic mass is 35.5. The number of hydrogen-bond donors (Lipinski definition) is 1. The summed E-state index contributed by atoms with van der Waals surface area (Å²) >= 11 is 6.18. The number of benzene rings is 1. The second kappa shape index (κ2) is 5.70. The Morgan fingerprint density at radius 2 is 2.11 bits per heavy atom. The average molecular weight is 285 g/mol. The van der Waals surface area contributed by atoms with Crippen molar-refractivity contribution in [2.45, 2.75) is 26.7 Å². The van der Waals surface area contributed by atoms with Crippen LogP contribution in [0.5, 0.6) is 0 Å². The van der Waals surface area contributed by atoms with Crippen LogP contribution in [0.4, 0.5) is 14.5 Å². The fraction of sp³-hybridized carbons (Fsp3) is 0.357. The van der Waals surface area contributed by atoms with Crippen molar-refractivity contribution in [2.24, 2.45) is 0 Å². The van der Waals surface area contributed by atoms with E-state index >= 15 is 0 Å². The molecule has 1 aromatic heterocycles. The van der Waals surface area contributed by atoms with Crippen LogP contribution in [0.3, 0.4) is 0 Å². The first-order valence-electron chi connectivity index (χ1n) is 6.16. The Kier molecular flexibility index (Phi) is 4.20. The molecule has 0 fully saturated rings. The predicted molar refractivity (Wildman–Crippen MR) is 75.2 cm³/mol. The first-order chi connectivity index (χ1) is 9.04. The lowest BCUT2D eigenvalue weighted by molar-refractivity contribution is 0.146. The Morgan fingerprint density at radius 1 is 1.37 bits per heavy atom. The third-order valence-corrected chi connectivity index (χ3v) is 3.24. The van der Waals surface area contributed by atoms with Gasteiger partial charge in [-0.05, 0) is 31.0 Å². The third-order valence-electron chi connectivity index (χ3n) is 2.92. The molecule has 0 unspecified atom stereocenters. The number of nitrogens with zero attached hydrogens (tertiary/aromatic N) is 1. The van der Waals surface area contributed by atoms with E-state index in [9.17, 15) is 8.78 Å². The molecular formula is C14H15ClF2N2. The van der Waals surface area contributed by atoms with Gasteiger partial charge in [0, 0.05) is 17.6 Å². The van der Waals surface area contributed by atoms with Crippen LogP contribution >= 0.6 is 11.6 Å². The number of anilines is 1. The number of hydrogen-bond acceptors (Lipinski definition) is 2. The van der Waals surface area contributed by atoms with Crippen molar-refractivity contribution in [1.82, 2.24) is 4.98 Å². The summed E-state index contributed by atoms with van der Waals surface area (Å²) in [5.74, 6) is 0. The molecule has 2 nitrogen and oxygen atoms in total. The fourth-order valence-corrected chi connectivity index (χ4v) is 2.22. The van der Waals surface area contributed by atoms with Crippen LogP contribution in [0, 0.1) is 6.92 Å². The minimum atomic E-state index is -2.59. The molecular weight excluding hydrogens is 270 g/mol. The van der Waals surface area contributed by atoms with Gasteiger partial charge < -0.3 is 5.32 Å².